The fourth-order valence-corrected chi connectivity index (χ4v) is 0. The second-order valence-corrected chi connectivity index (χ2v) is 0. The molecule has 7 heavy (non-hydrogen) atoms. The maximum atomic E-state index is 4.78. The van der Waals surface area contributed by atoms with E-state index in [2.05, 4.69) is 0 Å². The summed E-state index contributed by atoms with van der Waals surface area (Å²) in [6, 6.07) is 0. The van der Waals surface area contributed by atoms with Crippen LogP contribution in [0.25, 0.3) is 0 Å². The fraction of sp³-hybridized carbons (Fsp3) is 0. The van der Waals surface area contributed by atoms with Crippen LogP contribution < -0.4 is 0 Å². The van der Waals surface area contributed by atoms with E-state index < -0.39 is 0 Å². The van der Waals surface area contributed by atoms with Crippen LogP contribution in [0, 0.1) is 0 Å². The Labute approximate surface area is 64.5 Å². The van der Waals surface area contributed by atoms with E-state index in [4.69, 9.17) is 11.1 Å². The molecule has 0 amide bonds. The molecule has 8 N–H and O–H groups in total. The van der Waals surface area contributed by atoms with Crippen LogP contribution in [0.2, 0.25) is 0 Å². The molecule has 0 aliphatic heterocycles. The van der Waals surface area contributed by atoms with Crippen LogP contribution >= 0.6 is 11.1 Å². The molecule has 50 valence electrons. The van der Waals surface area contributed by atoms with Crippen LogP contribution in [-0.4, -0.2) is 31.5 Å². The number of rotatable bonds is 0. The normalized spacial score (nSPS) is 1.29. The first-order valence-corrected chi connectivity index (χ1v) is 3.40. The van der Waals surface area contributed by atoms with Crippen LogP contribution in [0.4, 0.5) is 0 Å². The van der Waals surface area contributed by atoms with Crippen molar-refractivity contribution in [3.05, 3.63) is 0 Å². The summed E-state index contributed by atoms with van der Waals surface area (Å²) >= 11 is 4.78. The minimum atomic E-state index is 0. The van der Waals surface area contributed by atoms with Gasteiger partial charge >= 0.3 is 0 Å². The first kappa shape index (κ1) is 94.6. The SMILES string of the molecule is O.O.O.O.[SiH3]Cl.[Ti]. The van der Waals surface area contributed by atoms with Crippen molar-refractivity contribution in [1.29, 1.82) is 0 Å². The molecular weight excluding hydrogens is 175 g/mol. The molecule has 0 radical (unpaired) electrons. The monoisotopic (exact) mass is 186 g/mol. The van der Waals surface area contributed by atoms with Gasteiger partial charge in [0.25, 0.3) is 0 Å². The molecule has 0 aromatic heterocycles. The summed E-state index contributed by atoms with van der Waals surface area (Å²) in [4.78, 5) is 0. The third-order valence-corrected chi connectivity index (χ3v) is 0. The topological polar surface area (TPSA) is 126 Å². The van der Waals surface area contributed by atoms with Crippen LogP contribution in [0.5, 0.6) is 0 Å². The molecule has 0 aromatic carbocycles. The molecule has 0 aliphatic rings. The Hall–Kier alpha value is 1.06. The van der Waals surface area contributed by atoms with Crippen molar-refractivity contribution in [2.24, 2.45) is 0 Å². The molecule has 0 spiro atoms. The van der Waals surface area contributed by atoms with E-state index in [1.54, 1.807) is 0 Å². The zero-order valence-electron chi connectivity index (χ0n) is 3.88. The molecule has 0 saturated carbocycles. The molecule has 0 bridgehead atoms. The van der Waals surface area contributed by atoms with Gasteiger partial charge < -0.3 is 21.9 Å². The Morgan fingerprint density at radius 2 is 0.714 bits per heavy atom. The maximum absolute atomic E-state index is 4.78. The van der Waals surface area contributed by atoms with Crippen molar-refractivity contribution in [2.75, 3.05) is 0 Å². The Morgan fingerprint density at radius 3 is 0.714 bits per heavy atom. The van der Waals surface area contributed by atoms with Crippen molar-refractivity contribution in [3.63, 3.8) is 0 Å². The van der Waals surface area contributed by atoms with Crippen LogP contribution in [-0.2, 0) is 21.7 Å². The third kappa shape index (κ3) is 161. The van der Waals surface area contributed by atoms with Gasteiger partial charge in [-0.2, -0.15) is 11.1 Å². The van der Waals surface area contributed by atoms with Gasteiger partial charge in [-0.25, -0.2) is 0 Å². The van der Waals surface area contributed by atoms with Crippen molar-refractivity contribution in [3.8, 4) is 0 Å². The standard InChI is InChI=1S/ClH3Si.4H2O.Ti/c1-2;;;;;/h2H3;4*1H2;. The Kier molecular flexibility index (Phi) is 3110. The van der Waals surface area contributed by atoms with E-state index in [9.17, 15) is 0 Å². The van der Waals surface area contributed by atoms with Crippen LogP contribution in [0.15, 0.2) is 0 Å². The summed E-state index contributed by atoms with van der Waals surface area (Å²) in [7, 11) is 0.778. The summed E-state index contributed by atoms with van der Waals surface area (Å²) in [5.74, 6) is 0. The minimum Gasteiger partial charge on any atom is -0.412 e. The van der Waals surface area contributed by atoms with Crippen LogP contribution in [0.1, 0.15) is 0 Å². The van der Waals surface area contributed by atoms with Crippen LogP contribution in [0.3, 0.4) is 0 Å². The molecule has 0 aromatic rings. The van der Waals surface area contributed by atoms with E-state index in [-0.39, 0.29) is 43.6 Å². The first-order valence-electron chi connectivity index (χ1n) is 0.378. The fourth-order valence-electron chi connectivity index (χ4n) is 0. The first-order chi connectivity index (χ1) is 1.00. The van der Waals surface area contributed by atoms with Crippen molar-refractivity contribution in [2.45, 2.75) is 0 Å². The number of hydrogen-bond donors (Lipinski definition) is 0. The van der Waals surface area contributed by atoms with Gasteiger partial charge in [-0.3, -0.25) is 0 Å². The average molecular weight is 186 g/mol. The molecule has 0 aliphatic carbocycles. The zero-order chi connectivity index (χ0) is 2.00. The summed E-state index contributed by atoms with van der Waals surface area (Å²) in [5, 5.41) is 0. The average Bonchev–Trinajstić information content (AvgIpc) is 1.00. The Bertz CT molecular complexity index is 11.7. The third-order valence-electron chi connectivity index (χ3n) is 0. The molecular formula is H11ClO4SiTi. The quantitative estimate of drug-likeness (QED) is 0.272. The van der Waals surface area contributed by atoms with E-state index in [1.807, 2.05) is 0 Å². The molecule has 0 saturated heterocycles. The van der Waals surface area contributed by atoms with Gasteiger partial charge in [0, 0.05) is 21.7 Å². The number of hydrogen-bond acceptors (Lipinski definition) is 0. The predicted octanol–water partition coefficient (Wildman–Crippen LogP) is -3.80. The molecule has 0 fully saturated rings. The van der Waals surface area contributed by atoms with Gasteiger partial charge in [-0.1, -0.05) is 0 Å². The molecule has 0 unspecified atom stereocenters. The van der Waals surface area contributed by atoms with Gasteiger partial charge in [-0.05, 0) is 0 Å². The van der Waals surface area contributed by atoms with E-state index in [0.29, 0.717) is 0 Å². The number of halogens is 1. The second kappa shape index (κ2) is 230. The molecule has 7 heteroatoms. The van der Waals surface area contributed by atoms with Gasteiger partial charge in [0.2, 0.25) is 0 Å². The smallest absolute Gasteiger partial charge is 0.109 e. The minimum absolute atomic E-state index is 0. The van der Waals surface area contributed by atoms with Gasteiger partial charge in [0.05, 0.1) is 0 Å². The summed E-state index contributed by atoms with van der Waals surface area (Å²) in [6.45, 7) is 0. The second-order valence-electron chi connectivity index (χ2n) is 0. The predicted molar refractivity (Wildman–Crippen MR) is 30.2 cm³/mol. The van der Waals surface area contributed by atoms with E-state index in [1.165, 1.54) is 0 Å². The van der Waals surface area contributed by atoms with Gasteiger partial charge in [0.1, 0.15) is 9.55 Å². The largest absolute Gasteiger partial charge is 0.412 e. The van der Waals surface area contributed by atoms with Crippen molar-refractivity contribution in [1.82, 2.24) is 0 Å². The van der Waals surface area contributed by atoms with Gasteiger partial charge in [0.15, 0.2) is 0 Å². The molecule has 0 atom stereocenters. The van der Waals surface area contributed by atoms with Crippen molar-refractivity contribution >= 4 is 20.6 Å². The summed E-state index contributed by atoms with van der Waals surface area (Å²) < 4.78 is 0. The zero-order valence-corrected chi connectivity index (χ0v) is 8.20. The summed E-state index contributed by atoms with van der Waals surface area (Å²) in [5.41, 5.74) is 0. The van der Waals surface area contributed by atoms with E-state index in [0.717, 1.165) is 9.55 Å². The maximum Gasteiger partial charge on any atom is 0.109 e. The summed E-state index contributed by atoms with van der Waals surface area (Å²) in [6.07, 6.45) is 0. The Morgan fingerprint density at radius 1 is 0.714 bits per heavy atom. The molecule has 0 heterocycles. The van der Waals surface area contributed by atoms with Crippen molar-refractivity contribution < 1.29 is 43.6 Å². The Balaban J connectivity index is -0.000000000500. The van der Waals surface area contributed by atoms with Gasteiger partial charge in [-0.15, -0.1) is 0 Å². The van der Waals surface area contributed by atoms with E-state index >= 15 is 0 Å². The molecule has 0 rings (SSSR count). The molecule has 4 nitrogen and oxygen atoms in total.